The average molecular weight is 683 g/mol. The molecule has 0 aliphatic rings. The highest BCUT2D eigenvalue weighted by Crippen LogP contribution is 2.26. The molecule has 268 valence electrons. The number of carboxylic acid groups (broad SMARTS) is 3. The lowest BCUT2D eigenvalue weighted by atomic mass is 9.82. The Morgan fingerprint density at radius 1 is 0.878 bits per heavy atom. The second-order valence-electron chi connectivity index (χ2n) is 12.3. The summed E-state index contributed by atoms with van der Waals surface area (Å²) >= 11 is 0. The van der Waals surface area contributed by atoms with Crippen molar-refractivity contribution in [2.75, 3.05) is 7.11 Å². The zero-order valence-electron chi connectivity index (χ0n) is 28.4. The molecule has 0 aliphatic heterocycles. The lowest BCUT2D eigenvalue weighted by Crippen LogP contribution is -2.55. The average Bonchev–Trinajstić information content (AvgIpc) is 3.06. The molecule has 0 fully saturated rings. The highest BCUT2D eigenvalue weighted by atomic mass is 16.5. The first kappa shape index (κ1) is 40.6. The number of ketones is 1. The van der Waals surface area contributed by atoms with Crippen LogP contribution in [0, 0.1) is 5.92 Å². The van der Waals surface area contributed by atoms with Gasteiger partial charge in [0.2, 0.25) is 5.91 Å². The van der Waals surface area contributed by atoms with Gasteiger partial charge in [0.25, 0.3) is 0 Å². The number of unbranched alkanes of at least 4 members (excludes halogenated alkanes) is 8. The second-order valence-corrected chi connectivity index (χ2v) is 12.3. The number of ether oxygens (including phenoxy) is 1. The molecular weight excluding hydrogens is 632 g/mol. The third-order valence-electron chi connectivity index (χ3n) is 8.34. The summed E-state index contributed by atoms with van der Waals surface area (Å²) in [7, 11) is 1.52. The molecule has 0 radical (unpaired) electrons. The second kappa shape index (κ2) is 21.4. The number of methoxy groups -OCH3 is 1. The number of pyridine rings is 1. The number of benzene rings is 1. The largest absolute Gasteiger partial charge is 0.495 e. The summed E-state index contributed by atoms with van der Waals surface area (Å²) < 4.78 is 5.20. The van der Waals surface area contributed by atoms with Crippen molar-refractivity contribution in [3.8, 4) is 16.9 Å². The van der Waals surface area contributed by atoms with Gasteiger partial charge >= 0.3 is 17.9 Å². The molecule has 2 rings (SSSR count). The number of carbonyl (C=O) groups is 5. The molecule has 12 nitrogen and oxygen atoms in total. The Hall–Kier alpha value is -4.58. The van der Waals surface area contributed by atoms with Crippen molar-refractivity contribution in [1.29, 1.82) is 0 Å². The Balaban J connectivity index is 2.04. The quantitative estimate of drug-likeness (QED) is 0.0645. The third-order valence-corrected chi connectivity index (χ3v) is 8.34. The summed E-state index contributed by atoms with van der Waals surface area (Å²) in [5.74, 6) is -7.17. The third kappa shape index (κ3) is 14.2. The molecule has 2 aromatic rings. The molecule has 1 aromatic heterocycles. The van der Waals surface area contributed by atoms with Crippen LogP contribution < -0.4 is 10.1 Å². The molecule has 0 unspecified atom stereocenters. The van der Waals surface area contributed by atoms with E-state index in [1.54, 1.807) is 42.7 Å². The Kier molecular flexibility index (Phi) is 17.7. The minimum absolute atomic E-state index is 0.167. The molecule has 0 aliphatic carbocycles. The van der Waals surface area contributed by atoms with E-state index in [1.807, 2.05) is 0 Å². The van der Waals surface area contributed by atoms with Crippen molar-refractivity contribution < 1.29 is 49.1 Å². The van der Waals surface area contributed by atoms with Crippen LogP contribution in [0.2, 0.25) is 0 Å². The standard InChI is InChI=1S/C37H50N2O10/c1-3-4-5-8-11-14-29(40)15-12-9-6-7-10-13-16-31(37(48,36(46)47)23-33(41)42)34(43)39-32(35(44)45)21-26-17-19-27(20-18-26)28-22-30(49-2)25-38-24-28/h13,16-20,22,24-25,31-32,48H,3-12,14-15,21,23H2,1-2H3,(H,39,43)(H,41,42)(H,44,45)(H,46,47)/b16-13+/t31-,32+,37+/m1/s1. The zero-order chi connectivity index (χ0) is 36.2. The maximum absolute atomic E-state index is 13.4. The van der Waals surface area contributed by atoms with Gasteiger partial charge in [-0.2, -0.15) is 0 Å². The van der Waals surface area contributed by atoms with Gasteiger partial charge in [-0.15, -0.1) is 0 Å². The predicted octanol–water partition coefficient (Wildman–Crippen LogP) is 5.60. The summed E-state index contributed by atoms with van der Waals surface area (Å²) in [6.45, 7) is 2.15. The first-order valence-corrected chi connectivity index (χ1v) is 16.9. The number of aliphatic carboxylic acids is 3. The van der Waals surface area contributed by atoms with Crippen LogP contribution in [0.1, 0.15) is 96.0 Å². The van der Waals surface area contributed by atoms with Crippen LogP contribution in [0.15, 0.2) is 54.9 Å². The van der Waals surface area contributed by atoms with Crippen molar-refractivity contribution >= 4 is 29.6 Å². The normalized spacial score (nSPS) is 13.7. The van der Waals surface area contributed by atoms with E-state index in [0.29, 0.717) is 37.0 Å². The van der Waals surface area contributed by atoms with E-state index in [2.05, 4.69) is 17.2 Å². The molecule has 3 atom stereocenters. The highest BCUT2D eigenvalue weighted by molar-refractivity contribution is 5.94. The van der Waals surface area contributed by atoms with Crippen LogP contribution in [0.5, 0.6) is 5.75 Å². The SMILES string of the molecule is CCCCCCCC(=O)CCCCCC/C=C/[C@H](C(=O)N[C@@H](Cc1ccc(-c2cncc(OC)c2)cc1)C(=O)O)[C@@](O)(CC(=O)O)C(=O)O. The maximum atomic E-state index is 13.4. The Morgan fingerprint density at radius 3 is 2.08 bits per heavy atom. The molecule has 0 bridgehead atoms. The summed E-state index contributed by atoms with van der Waals surface area (Å²) in [6.07, 6.45) is 14.4. The van der Waals surface area contributed by atoms with Gasteiger partial charge in [0, 0.05) is 31.0 Å². The van der Waals surface area contributed by atoms with Crippen LogP contribution in [-0.2, 0) is 30.4 Å². The van der Waals surface area contributed by atoms with Gasteiger partial charge in [0.05, 0.1) is 25.6 Å². The molecular formula is C37H50N2O10. The van der Waals surface area contributed by atoms with Gasteiger partial charge in [0.15, 0.2) is 5.60 Å². The number of carbonyl (C=O) groups excluding carboxylic acids is 2. The number of amides is 1. The van der Waals surface area contributed by atoms with E-state index >= 15 is 0 Å². The van der Waals surface area contributed by atoms with Gasteiger partial charge < -0.3 is 30.5 Å². The fraction of sp³-hybridized carbons (Fsp3) is 0.514. The Bertz CT molecular complexity index is 1410. The van der Waals surface area contributed by atoms with Gasteiger partial charge in [-0.3, -0.25) is 19.4 Å². The molecule has 1 heterocycles. The maximum Gasteiger partial charge on any atom is 0.337 e. The first-order chi connectivity index (χ1) is 23.4. The van der Waals surface area contributed by atoms with Gasteiger partial charge in [-0.1, -0.05) is 81.9 Å². The van der Waals surface area contributed by atoms with E-state index < -0.39 is 47.8 Å². The van der Waals surface area contributed by atoms with Crippen LogP contribution >= 0.6 is 0 Å². The highest BCUT2D eigenvalue weighted by Gasteiger charge is 2.49. The molecule has 0 spiro atoms. The summed E-state index contributed by atoms with van der Waals surface area (Å²) in [4.78, 5) is 65.3. The topological polar surface area (TPSA) is 200 Å². The Morgan fingerprint density at radius 2 is 1.51 bits per heavy atom. The lowest BCUT2D eigenvalue weighted by Gasteiger charge is -2.29. The molecule has 0 saturated carbocycles. The summed E-state index contributed by atoms with van der Waals surface area (Å²) in [5, 5.41) is 42.3. The number of nitrogens with zero attached hydrogens (tertiary/aromatic N) is 1. The van der Waals surface area contributed by atoms with Crippen molar-refractivity contribution in [1.82, 2.24) is 10.3 Å². The first-order valence-electron chi connectivity index (χ1n) is 16.9. The monoisotopic (exact) mass is 682 g/mol. The fourth-order valence-electron chi connectivity index (χ4n) is 5.45. The Labute approximate surface area is 287 Å². The van der Waals surface area contributed by atoms with Crippen LogP contribution in [0.3, 0.4) is 0 Å². The van der Waals surface area contributed by atoms with E-state index in [9.17, 15) is 44.4 Å². The van der Waals surface area contributed by atoms with Gasteiger partial charge in [-0.25, -0.2) is 9.59 Å². The number of hydrogen-bond donors (Lipinski definition) is 5. The molecule has 5 N–H and O–H groups in total. The van der Waals surface area contributed by atoms with Crippen LogP contribution in [-0.4, -0.2) is 73.8 Å². The number of aromatic nitrogens is 1. The van der Waals surface area contributed by atoms with Crippen LogP contribution in [0.25, 0.3) is 11.1 Å². The molecule has 1 amide bonds. The van der Waals surface area contributed by atoms with E-state index in [0.717, 1.165) is 62.1 Å². The number of hydrogen-bond acceptors (Lipinski definition) is 8. The minimum atomic E-state index is -3.03. The number of carboxylic acids is 3. The summed E-state index contributed by atoms with van der Waals surface area (Å²) in [5.41, 5.74) is -0.919. The molecule has 12 heteroatoms. The lowest BCUT2D eigenvalue weighted by molar-refractivity contribution is -0.172. The van der Waals surface area contributed by atoms with Crippen molar-refractivity contribution in [3.05, 3.63) is 60.4 Å². The van der Waals surface area contributed by atoms with Crippen LogP contribution in [0.4, 0.5) is 0 Å². The van der Waals surface area contributed by atoms with Crippen molar-refractivity contribution in [2.24, 2.45) is 5.92 Å². The molecule has 1 aromatic carbocycles. The van der Waals surface area contributed by atoms with E-state index in [4.69, 9.17) is 4.74 Å². The number of allylic oxidation sites excluding steroid dienone is 1. The van der Waals surface area contributed by atoms with Gasteiger partial charge in [-0.05, 0) is 42.9 Å². The number of Topliss-reactive ketones (excluding diaryl/α,β-unsaturated/α-hetero) is 1. The molecule has 0 saturated heterocycles. The summed E-state index contributed by atoms with van der Waals surface area (Å²) in [6, 6.07) is 7.14. The number of aliphatic hydroxyl groups is 1. The zero-order valence-corrected chi connectivity index (χ0v) is 28.4. The van der Waals surface area contributed by atoms with Gasteiger partial charge in [0.1, 0.15) is 17.6 Å². The predicted molar refractivity (Wildman–Crippen MR) is 183 cm³/mol. The number of rotatable bonds is 25. The van der Waals surface area contributed by atoms with E-state index in [-0.39, 0.29) is 12.2 Å². The van der Waals surface area contributed by atoms with Crippen molar-refractivity contribution in [2.45, 2.75) is 108 Å². The smallest absolute Gasteiger partial charge is 0.337 e. The minimum Gasteiger partial charge on any atom is -0.495 e. The molecule has 49 heavy (non-hydrogen) atoms. The van der Waals surface area contributed by atoms with Crippen molar-refractivity contribution in [3.63, 3.8) is 0 Å². The fourth-order valence-corrected chi connectivity index (χ4v) is 5.45. The van der Waals surface area contributed by atoms with E-state index in [1.165, 1.54) is 19.6 Å². The number of nitrogens with one attached hydrogen (secondary N) is 1.